The van der Waals surface area contributed by atoms with Gasteiger partial charge in [0.25, 0.3) is 0 Å². The third-order valence-corrected chi connectivity index (χ3v) is 3.09. The van der Waals surface area contributed by atoms with Crippen molar-refractivity contribution in [2.24, 2.45) is 0 Å². The van der Waals surface area contributed by atoms with Crippen LogP contribution in [-0.2, 0) is 16.1 Å². The summed E-state index contributed by atoms with van der Waals surface area (Å²) >= 11 is 0. The second kappa shape index (κ2) is 6.70. The van der Waals surface area contributed by atoms with Gasteiger partial charge in [-0.2, -0.15) is 5.10 Å². The Hall–Kier alpha value is -1.36. The van der Waals surface area contributed by atoms with Crippen molar-refractivity contribution in [3.05, 3.63) is 18.0 Å². The quantitative estimate of drug-likeness (QED) is 0.767. The number of ether oxygens (including phenoxy) is 1. The minimum absolute atomic E-state index is 0.200. The zero-order chi connectivity index (χ0) is 14.5. The fourth-order valence-electron chi connectivity index (χ4n) is 2.12. The predicted molar refractivity (Wildman–Crippen MR) is 74.9 cm³/mol. The number of carbonyl (C=O) groups excluding carboxylic acids is 1. The topological polar surface area (TPSA) is 56.2 Å². The van der Waals surface area contributed by atoms with Crippen molar-refractivity contribution in [1.29, 1.82) is 0 Å². The number of hydrogen-bond acceptors (Lipinski definition) is 4. The number of aryl methyl sites for hydroxylation is 2. The van der Waals surface area contributed by atoms with E-state index in [0.717, 1.165) is 5.69 Å². The minimum Gasteiger partial charge on any atom is -0.465 e. The van der Waals surface area contributed by atoms with Crippen LogP contribution in [0.4, 0.5) is 0 Å². The summed E-state index contributed by atoms with van der Waals surface area (Å²) < 4.78 is 7.08. The molecule has 0 bridgehead atoms. The summed E-state index contributed by atoms with van der Waals surface area (Å²) in [5.74, 6) is -0.200. The Morgan fingerprint density at radius 2 is 2.26 bits per heavy atom. The van der Waals surface area contributed by atoms with Gasteiger partial charge in [-0.15, -0.1) is 0 Å². The molecule has 0 spiro atoms. The standard InChI is InChI=1S/C14H25N3O2/c1-6-19-13(18)14(5,16-11(2)3)8-10-17-12(4)7-9-15-17/h7,9,11,16H,6,8,10H2,1-5H3. The van der Waals surface area contributed by atoms with Crippen molar-refractivity contribution in [2.45, 2.75) is 59.2 Å². The summed E-state index contributed by atoms with van der Waals surface area (Å²) in [6.45, 7) is 10.9. The number of carbonyl (C=O) groups is 1. The monoisotopic (exact) mass is 267 g/mol. The van der Waals surface area contributed by atoms with Crippen LogP contribution < -0.4 is 5.32 Å². The zero-order valence-electron chi connectivity index (χ0n) is 12.6. The van der Waals surface area contributed by atoms with Gasteiger partial charge in [0.1, 0.15) is 5.54 Å². The number of rotatable bonds is 7. The average molecular weight is 267 g/mol. The van der Waals surface area contributed by atoms with Crippen molar-refractivity contribution in [1.82, 2.24) is 15.1 Å². The van der Waals surface area contributed by atoms with Crippen LogP contribution >= 0.6 is 0 Å². The minimum atomic E-state index is -0.678. The number of nitrogens with one attached hydrogen (secondary N) is 1. The maximum atomic E-state index is 12.1. The molecule has 5 nitrogen and oxygen atoms in total. The van der Waals surface area contributed by atoms with Gasteiger partial charge in [0.2, 0.25) is 0 Å². The lowest BCUT2D eigenvalue weighted by Gasteiger charge is -2.30. The van der Waals surface area contributed by atoms with Crippen molar-refractivity contribution < 1.29 is 9.53 Å². The molecule has 0 radical (unpaired) electrons. The Kier molecular flexibility index (Phi) is 5.54. The van der Waals surface area contributed by atoms with Gasteiger partial charge in [-0.25, -0.2) is 0 Å². The maximum absolute atomic E-state index is 12.1. The number of esters is 1. The number of hydrogen-bond donors (Lipinski definition) is 1. The highest BCUT2D eigenvalue weighted by molar-refractivity contribution is 5.80. The van der Waals surface area contributed by atoms with Crippen LogP contribution in [0.3, 0.4) is 0 Å². The summed E-state index contributed by atoms with van der Waals surface area (Å²) in [5, 5.41) is 7.55. The molecule has 0 saturated heterocycles. The second-order valence-corrected chi connectivity index (χ2v) is 5.30. The van der Waals surface area contributed by atoms with Gasteiger partial charge in [0, 0.05) is 24.5 Å². The molecule has 1 rings (SSSR count). The smallest absolute Gasteiger partial charge is 0.326 e. The van der Waals surface area contributed by atoms with Crippen LogP contribution in [0, 0.1) is 6.92 Å². The van der Waals surface area contributed by atoms with Crippen LogP contribution in [0.1, 0.15) is 39.8 Å². The highest BCUT2D eigenvalue weighted by Crippen LogP contribution is 2.15. The SMILES string of the molecule is CCOC(=O)C(C)(CCn1nccc1C)NC(C)C. The third kappa shape index (κ3) is 4.35. The summed E-state index contributed by atoms with van der Waals surface area (Å²) in [6.07, 6.45) is 2.42. The fraction of sp³-hybridized carbons (Fsp3) is 0.714. The van der Waals surface area contributed by atoms with E-state index in [1.807, 2.05) is 45.4 Å². The van der Waals surface area contributed by atoms with Gasteiger partial charge in [0.15, 0.2) is 0 Å². The van der Waals surface area contributed by atoms with Gasteiger partial charge >= 0.3 is 5.97 Å². The van der Waals surface area contributed by atoms with Gasteiger partial charge < -0.3 is 4.74 Å². The first-order chi connectivity index (χ1) is 8.89. The molecule has 1 N–H and O–H groups in total. The lowest BCUT2D eigenvalue weighted by atomic mass is 9.96. The van der Waals surface area contributed by atoms with E-state index in [0.29, 0.717) is 19.6 Å². The van der Waals surface area contributed by atoms with E-state index in [1.54, 1.807) is 6.20 Å². The zero-order valence-corrected chi connectivity index (χ0v) is 12.6. The molecule has 0 aromatic carbocycles. The normalized spacial score (nSPS) is 14.4. The van der Waals surface area contributed by atoms with Gasteiger partial charge in [0.05, 0.1) is 6.61 Å². The van der Waals surface area contributed by atoms with E-state index < -0.39 is 5.54 Å². The molecule has 0 aliphatic rings. The summed E-state index contributed by atoms with van der Waals surface area (Å²) in [6, 6.07) is 2.17. The summed E-state index contributed by atoms with van der Waals surface area (Å²) in [4.78, 5) is 12.1. The molecular weight excluding hydrogens is 242 g/mol. The molecule has 5 heteroatoms. The van der Waals surface area contributed by atoms with Crippen molar-refractivity contribution in [3.63, 3.8) is 0 Å². The van der Waals surface area contributed by atoms with Crippen LogP contribution in [0.15, 0.2) is 12.3 Å². The molecule has 0 fully saturated rings. The lowest BCUT2D eigenvalue weighted by Crippen LogP contribution is -2.53. The van der Waals surface area contributed by atoms with Crippen molar-refractivity contribution >= 4 is 5.97 Å². The van der Waals surface area contributed by atoms with Gasteiger partial charge in [-0.3, -0.25) is 14.8 Å². The Morgan fingerprint density at radius 1 is 1.58 bits per heavy atom. The average Bonchev–Trinajstić information content (AvgIpc) is 2.72. The Balaban J connectivity index is 2.74. The summed E-state index contributed by atoms with van der Waals surface area (Å²) in [7, 11) is 0. The van der Waals surface area contributed by atoms with E-state index in [9.17, 15) is 4.79 Å². The molecule has 1 atom stereocenters. The molecule has 1 aromatic rings. The predicted octanol–water partition coefficient (Wildman–Crippen LogP) is 1.90. The fourth-order valence-corrected chi connectivity index (χ4v) is 2.12. The van der Waals surface area contributed by atoms with E-state index in [1.165, 1.54) is 0 Å². The van der Waals surface area contributed by atoms with Gasteiger partial charge in [-0.1, -0.05) is 0 Å². The molecular formula is C14H25N3O2. The first kappa shape index (κ1) is 15.7. The molecule has 0 saturated carbocycles. The number of aromatic nitrogens is 2. The molecule has 0 aliphatic carbocycles. The molecule has 0 amide bonds. The maximum Gasteiger partial charge on any atom is 0.326 e. The van der Waals surface area contributed by atoms with Crippen molar-refractivity contribution in [2.75, 3.05) is 6.61 Å². The van der Waals surface area contributed by atoms with Crippen molar-refractivity contribution in [3.8, 4) is 0 Å². The Morgan fingerprint density at radius 3 is 2.74 bits per heavy atom. The van der Waals surface area contributed by atoms with Gasteiger partial charge in [-0.05, 0) is 47.1 Å². The second-order valence-electron chi connectivity index (χ2n) is 5.30. The molecule has 1 heterocycles. The molecule has 108 valence electrons. The van der Waals surface area contributed by atoms with E-state index in [4.69, 9.17) is 4.74 Å². The largest absolute Gasteiger partial charge is 0.465 e. The molecule has 1 unspecified atom stereocenters. The van der Waals surface area contributed by atoms with E-state index >= 15 is 0 Å². The van der Waals surface area contributed by atoms with E-state index in [-0.39, 0.29) is 12.0 Å². The highest BCUT2D eigenvalue weighted by atomic mass is 16.5. The molecule has 19 heavy (non-hydrogen) atoms. The Bertz CT molecular complexity index is 415. The first-order valence-corrected chi connectivity index (χ1v) is 6.82. The first-order valence-electron chi connectivity index (χ1n) is 6.82. The summed E-state index contributed by atoms with van der Waals surface area (Å²) in [5.41, 5.74) is 0.415. The highest BCUT2D eigenvalue weighted by Gasteiger charge is 2.34. The van der Waals surface area contributed by atoms with Crippen LogP contribution in [0.5, 0.6) is 0 Å². The Labute approximate surface area is 115 Å². The molecule has 0 aliphatic heterocycles. The number of nitrogens with zero attached hydrogens (tertiary/aromatic N) is 2. The third-order valence-electron chi connectivity index (χ3n) is 3.09. The molecule has 1 aromatic heterocycles. The van der Waals surface area contributed by atoms with E-state index in [2.05, 4.69) is 10.4 Å². The van der Waals surface area contributed by atoms with Crippen LogP contribution in [0.25, 0.3) is 0 Å². The lowest BCUT2D eigenvalue weighted by molar-refractivity contribution is -0.151. The van der Waals surface area contributed by atoms with Crippen LogP contribution in [-0.4, -0.2) is 33.9 Å². The van der Waals surface area contributed by atoms with Crippen LogP contribution in [0.2, 0.25) is 0 Å².